The minimum atomic E-state index is -0.798. The molecule has 3 fully saturated rings. The number of hydrogen-bond acceptors (Lipinski definition) is 8. The van der Waals surface area contributed by atoms with Crippen LogP contribution in [0.25, 0.3) is 22.2 Å². The van der Waals surface area contributed by atoms with Crippen LogP contribution in [0, 0.1) is 47.6 Å². The van der Waals surface area contributed by atoms with Gasteiger partial charge in [-0.25, -0.2) is 9.78 Å². The van der Waals surface area contributed by atoms with Crippen LogP contribution in [0.1, 0.15) is 51.1 Å². The third-order valence-electron chi connectivity index (χ3n) is 9.85. The van der Waals surface area contributed by atoms with Gasteiger partial charge in [-0.15, -0.1) is 0 Å². The van der Waals surface area contributed by atoms with Gasteiger partial charge in [0.25, 0.3) is 5.69 Å². The number of carbonyl (C=O) groups excluding carboxylic acids is 4. The molecule has 1 saturated heterocycles. The average molecular weight is 717 g/mol. The average Bonchev–Trinajstić information content (AvgIpc) is 3.75. The molecule has 12 heteroatoms. The van der Waals surface area contributed by atoms with E-state index in [1.165, 1.54) is 17.0 Å². The van der Waals surface area contributed by atoms with Crippen LogP contribution < -0.4 is 4.90 Å². The Bertz CT molecular complexity index is 2040. The fourth-order valence-corrected chi connectivity index (χ4v) is 8.16. The van der Waals surface area contributed by atoms with E-state index in [-0.39, 0.29) is 52.3 Å². The number of halogens is 2. The van der Waals surface area contributed by atoms with E-state index in [1.807, 2.05) is 0 Å². The number of benzene rings is 3. The number of nitro benzene ring substituents is 1. The number of ketones is 1. The Kier molecular flexibility index (Phi) is 7.71. The van der Waals surface area contributed by atoms with Crippen molar-refractivity contribution in [1.29, 1.82) is 0 Å². The molecule has 7 rings (SSSR count). The van der Waals surface area contributed by atoms with Crippen molar-refractivity contribution in [2.45, 2.75) is 33.1 Å². The zero-order valence-corrected chi connectivity index (χ0v) is 27.6. The largest absolute Gasteiger partial charge is 0.454 e. The molecular weight excluding hydrogens is 690 g/mol. The number of esters is 1. The zero-order valence-electron chi connectivity index (χ0n) is 25.3. The number of Topliss-reactive ketones (excluding diaryl/α,β-unsaturated/α-hetero) is 1. The van der Waals surface area contributed by atoms with Gasteiger partial charge in [-0.2, -0.15) is 0 Å². The Balaban J connectivity index is 1.19. The summed E-state index contributed by atoms with van der Waals surface area (Å²) < 4.78 is 5.98. The summed E-state index contributed by atoms with van der Waals surface area (Å²) in [6.45, 7) is 2.70. The molecule has 10 nitrogen and oxygen atoms in total. The van der Waals surface area contributed by atoms with Crippen LogP contribution in [0.4, 0.5) is 11.4 Å². The molecule has 0 spiro atoms. The van der Waals surface area contributed by atoms with E-state index < -0.39 is 23.3 Å². The van der Waals surface area contributed by atoms with Crippen molar-refractivity contribution in [3.63, 3.8) is 0 Å². The molecule has 1 aliphatic heterocycles. The van der Waals surface area contributed by atoms with Gasteiger partial charge >= 0.3 is 5.97 Å². The van der Waals surface area contributed by atoms with Crippen molar-refractivity contribution in [2.75, 3.05) is 11.5 Å². The zero-order chi connectivity index (χ0) is 33.3. The highest BCUT2D eigenvalue weighted by molar-refractivity contribution is 9.10. The van der Waals surface area contributed by atoms with Gasteiger partial charge in [0.1, 0.15) is 0 Å². The second kappa shape index (κ2) is 11.6. The number of nitrogens with zero attached hydrogens (tertiary/aromatic N) is 3. The van der Waals surface area contributed by atoms with Crippen molar-refractivity contribution < 1.29 is 28.8 Å². The van der Waals surface area contributed by atoms with Gasteiger partial charge < -0.3 is 4.74 Å². The Morgan fingerprint density at radius 3 is 2.32 bits per heavy atom. The first kappa shape index (κ1) is 31.1. The Labute approximate surface area is 282 Å². The van der Waals surface area contributed by atoms with E-state index in [0.29, 0.717) is 48.5 Å². The highest BCUT2D eigenvalue weighted by Crippen LogP contribution is 2.56. The number of aromatic nitrogens is 1. The summed E-state index contributed by atoms with van der Waals surface area (Å²) in [5.41, 5.74) is 2.95. The first-order valence-electron chi connectivity index (χ1n) is 15.2. The molecule has 2 heterocycles. The standard InChI is InChI=1S/C35H27BrClN3O7/c1-16-3-4-19(12-27(16)40(45)46)28(41)15-47-35(44)24-14-26(38-32-17(2)31(37)25(36)13-23(24)32)18-7-9-22(10-8-18)39-33(42)29-20-5-6-21(11-20)30(29)34(39)43/h3-4,7-10,12-14,20-21,29-30H,5-6,11,15H2,1-2H3. The molecule has 2 amide bonds. The smallest absolute Gasteiger partial charge is 0.339 e. The first-order valence-corrected chi connectivity index (χ1v) is 16.3. The van der Waals surface area contributed by atoms with Crippen molar-refractivity contribution in [3.05, 3.63) is 96.5 Å². The number of pyridine rings is 1. The van der Waals surface area contributed by atoms with Crippen LogP contribution >= 0.6 is 27.5 Å². The normalized spacial score (nSPS) is 21.4. The molecule has 4 atom stereocenters. The first-order chi connectivity index (χ1) is 22.4. The van der Waals surface area contributed by atoms with E-state index in [0.717, 1.165) is 25.3 Å². The highest BCUT2D eigenvalue weighted by atomic mass is 79.9. The number of rotatable bonds is 7. The molecule has 0 N–H and O–H groups in total. The lowest BCUT2D eigenvalue weighted by Crippen LogP contribution is -2.32. The second-order valence-electron chi connectivity index (χ2n) is 12.4. The summed E-state index contributed by atoms with van der Waals surface area (Å²) in [6.07, 6.45) is 2.96. The molecule has 3 aromatic carbocycles. The molecule has 0 radical (unpaired) electrons. The number of amides is 2. The van der Waals surface area contributed by atoms with E-state index >= 15 is 0 Å². The third kappa shape index (κ3) is 5.12. The SMILES string of the molecule is Cc1ccc(C(=O)COC(=O)c2cc(-c3ccc(N4C(=O)C5C6CCC(C6)C5C4=O)cc3)nc3c(C)c(Cl)c(Br)cc23)cc1[N+](=O)[O-]. The van der Waals surface area contributed by atoms with Gasteiger partial charge in [-0.3, -0.25) is 29.4 Å². The van der Waals surface area contributed by atoms with Crippen LogP contribution in [-0.2, 0) is 14.3 Å². The van der Waals surface area contributed by atoms with Gasteiger partial charge in [0.05, 0.1) is 44.2 Å². The molecule has 3 aliphatic rings. The lowest BCUT2D eigenvalue weighted by molar-refractivity contribution is -0.385. The summed E-state index contributed by atoms with van der Waals surface area (Å²) in [7, 11) is 0. The van der Waals surface area contributed by atoms with Crippen LogP contribution in [0.15, 0.2) is 59.1 Å². The van der Waals surface area contributed by atoms with E-state index in [9.17, 15) is 29.3 Å². The van der Waals surface area contributed by atoms with Crippen LogP contribution in [0.5, 0.6) is 0 Å². The molecular formula is C35H27BrClN3O7. The van der Waals surface area contributed by atoms with Gasteiger partial charge in [-0.1, -0.05) is 35.9 Å². The molecule has 2 bridgehead atoms. The molecule has 4 aromatic rings. The molecule has 2 saturated carbocycles. The summed E-state index contributed by atoms with van der Waals surface area (Å²) >= 11 is 9.95. The maximum absolute atomic E-state index is 13.5. The number of nitro groups is 1. The van der Waals surface area contributed by atoms with Gasteiger partial charge in [0.2, 0.25) is 17.6 Å². The fraction of sp³-hybridized carbons (Fsp3) is 0.286. The Morgan fingerprint density at radius 2 is 1.68 bits per heavy atom. The van der Waals surface area contributed by atoms with E-state index in [2.05, 4.69) is 15.9 Å². The van der Waals surface area contributed by atoms with Crippen LogP contribution in [0.2, 0.25) is 5.02 Å². The maximum atomic E-state index is 13.5. The molecule has 238 valence electrons. The maximum Gasteiger partial charge on any atom is 0.339 e. The third-order valence-corrected chi connectivity index (χ3v) is 11.2. The summed E-state index contributed by atoms with van der Waals surface area (Å²) in [6, 6.07) is 14.2. The topological polar surface area (TPSA) is 137 Å². The van der Waals surface area contributed by atoms with Gasteiger partial charge in [0.15, 0.2) is 6.61 Å². The lowest BCUT2D eigenvalue weighted by atomic mass is 9.81. The summed E-state index contributed by atoms with van der Waals surface area (Å²) in [5, 5.41) is 12.2. The second-order valence-corrected chi connectivity index (χ2v) is 13.7. The number of ether oxygens (including phenoxy) is 1. The van der Waals surface area contributed by atoms with Crippen LogP contribution in [-0.4, -0.2) is 40.1 Å². The van der Waals surface area contributed by atoms with E-state index in [1.54, 1.807) is 50.2 Å². The molecule has 1 aromatic heterocycles. The van der Waals surface area contributed by atoms with Crippen molar-refractivity contribution in [3.8, 4) is 11.3 Å². The minimum absolute atomic E-state index is 0.0482. The van der Waals surface area contributed by atoms with Crippen molar-refractivity contribution in [1.82, 2.24) is 4.98 Å². The predicted molar refractivity (Wildman–Crippen MR) is 177 cm³/mol. The summed E-state index contributed by atoms with van der Waals surface area (Å²) in [4.78, 5) is 70.0. The Hall–Kier alpha value is -4.48. The highest BCUT2D eigenvalue weighted by Gasteiger charge is 2.61. The number of fused-ring (bicyclic) bond motifs is 6. The number of hydrogen-bond donors (Lipinski definition) is 0. The molecule has 47 heavy (non-hydrogen) atoms. The quantitative estimate of drug-likeness (QED) is 0.0634. The van der Waals surface area contributed by atoms with Crippen molar-refractivity contribution in [2.24, 2.45) is 23.7 Å². The Morgan fingerprint density at radius 1 is 1.02 bits per heavy atom. The lowest BCUT2D eigenvalue weighted by Gasteiger charge is -2.19. The van der Waals surface area contributed by atoms with Gasteiger partial charge in [-0.05, 0) is 90.7 Å². The van der Waals surface area contributed by atoms with Crippen molar-refractivity contribution >= 4 is 73.4 Å². The number of imide groups is 1. The summed E-state index contributed by atoms with van der Waals surface area (Å²) in [5.74, 6) is -1.53. The monoisotopic (exact) mass is 715 g/mol. The molecule has 2 aliphatic carbocycles. The fourth-order valence-electron chi connectivity index (χ4n) is 7.49. The van der Waals surface area contributed by atoms with E-state index in [4.69, 9.17) is 21.3 Å². The van der Waals surface area contributed by atoms with Gasteiger partial charge in [0, 0.05) is 32.6 Å². The minimum Gasteiger partial charge on any atom is -0.454 e. The molecule has 4 unspecified atom stereocenters. The van der Waals surface area contributed by atoms with Crippen LogP contribution in [0.3, 0.4) is 0 Å². The predicted octanol–water partition coefficient (Wildman–Crippen LogP) is 7.42. The number of anilines is 1. The number of carbonyl (C=O) groups is 4. The number of aryl methyl sites for hydroxylation is 2.